The lowest BCUT2D eigenvalue weighted by molar-refractivity contribution is 0.138. The minimum absolute atomic E-state index is 0.0714. The average Bonchev–Trinajstić information content (AvgIpc) is 3.39. The minimum atomic E-state index is 0.0714. The molecule has 1 N–H and O–H groups in total. The summed E-state index contributed by atoms with van der Waals surface area (Å²) < 4.78 is 21.6. The van der Waals surface area contributed by atoms with Crippen LogP contribution < -0.4 is 14.8 Å². The number of methoxy groups -OCH3 is 1. The van der Waals surface area contributed by atoms with Gasteiger partial charge in [-0.3, -0.25) is 0 Å². The fourth-order valence-corrected chi connectivity index (χ4v) is 2.75. The molecular formula is C19H20N4O4. The lowest BCUT2D eigenvalue weighted by atomic mass is 10.2. The number of hydrogen-bond acceptors (Lipinski definition) is 8. The van der Waals surface area contributed by atoms with E-state index in [-0.39, 0.29) is 6.10 Å². The molecule has 0 bridgehead atoms. The van der Waals surface area contributed by atoms with Crippen molar-refractivity contribution in [1.29, 1.82) is 0 Å². The molecule has 0 saturated carbocycles. The Balaban J connectivity index is 1.38. The zero-order valence-electron chi connectivity index (χ0n) is 14.9. The zero-order chi connectivity index (χ0) is 18.5. The molecule has 27 heavy (non-hydrogen) atoms. The molecule has 140 valence electrons. The van der Waals surface area contributed by atoms with E-state index in [4.69, 9.17) is 18.7 Å². The number of nitrogens with zero attached hydrogens (tertiary/aromatic N) is 3. The first-order chi connectivity index (χ1) is 13.3. The summed E-state index contributed by atoms with van der Waals surface area (Å²) in [5, 5.41) is 7.13. The molecule has 1 aliphatic heterocycles. The highest BCUT2D eigenvalue weighted by Crippen LogP contribution is 2.22. The molecule has 1 fully saturated rings. The predicted octanol–water partition coefficient (Wildman–Crippen LogP) is 2.92. The Morgan fingerprint density at radius 3 is 3.07 bits per heavy atom. The van der Waals surface area contributed by atoms with Gasteiger partial charge in [0.1, 0.15) is 11.9 Å². The van der Waals surface area contributed by atoms with E-state index in [1.54, 1.807) is 13.3 Å². The van der Waals surface area contributed by atoms with Crippen LogP contribution in [0.15, 0.2) is 47.1 Å². The van der Waals surface area contributed by atoms with Crippen LogP contribution in [0.1, 0.15) is 12.0 Å². The standard InChI is InChI=1S/C19H20N4O4/c1-24-15-4-2-3-14(10-15)18-22-19(27-23-18)21-11-13-5-7-20-17(9-13)26-16-6-8-25-12-16/h2-5,7,9-10,16H,6,8,11-12H2,1H3,(H,21,22,23). The molecule has 1 atom stereocenters. The third kappa shape index (κ3) is 4.35. The molecule has 4 rings (SSSR count). The van der Waals surface area contributed by atoms with Crippen molar-refractivity contribution in [2.45, 2.75) is 19.1 Å². The van der Waals surface area contributed by atoms with Crippen molar-refractivity contribution in [2.75, 3.05) is 25.6 Å². The van der Waals surface area contributed by atoms with Crippen LogP contribution in [0.4, 0.5) is 6.01 Å². The summed E-state index contributed by atoms with van der Waals surface area (Å²) in [4.78, 5) is 8.62. The molecule has 8 nitrogen and oxygen atoms in total. The van der Waals surface area contributed by atoms with Crippen LogP contribution >= 0.6 is 0 Å². The average molecular weight is 368 g/mol. The maximum Gasteiger partial charge on any atom is 0.322 e. The number of nitrogens with one attached hydrogen (secondary N) is 1. The van der Waals surface area contributed by atoms with Crippen molar-refractivity contribution in [1.82, 2.24) is 15.1 Å². The van der Waals surface area contributed by atoms with E-state index >= 15 is 0 Å². The summed E-state index contributed by atoms with van der Waals surface area (Å²) in [7, 11) is 1.62. The van der Waals surface area contributed by atoms with Crippen LogP contribution in [0, 0.1) is 0 Å². The summed E-state index contributed by atoms with van der Waals surface area (Å²) in [6, 6.07) is 11.6. The van der Waals surface area contributed by atoms with Gasteiger partial charge >= 0.3 is 6.01 Å². The number of ether oxygens (including phenoxy) is 3. The Hall–Kier alpha value is -3.13. The van der Waals surface area contributed by atoms with Gasteiger partial charge in [0.25, 0.3) is 0 Å². The van der Waals surface area contributed by atoms with E-state index in [0.717, 1.165) is 29.9 Å². The summed E-state index contributed by atoms with van der Waals surface area (Å²) in [6.07, 6.45) is 2.68. The first kappa shape index (κ1) is 17.3. The Morgan fingerprint density at radius 2 is 2.22 bits per heavy atom. The SMILES string of the molecule is COc1cccc(-c2noc(NCc3ccnc(OC4CCOC4)c3)n2)c1. The topological polar surface area (TPSA) is 91.5 Å². The summed E-state index contributed by atoms with van der Waals surface area (Å²) >= 11 is 0. The molecular weight excluding hydrogens is 348 g/mol. The molecule has 3 aromatic rings. The lowest BCUT2D eigenvalue weighted by Crippen LogP contribution is -2.16. The van der Waals surface area contributed by atoms with Crippen LogP contribution in [0.3, 0.4) is 0 Å². The number of aromatic nitrogens is 3. The highest BCUT2D eigenvalue weighted by Gasteiger charge is 2.17. The van der Waals surface area contributed by atoms with Crippen molar-refractivity contribution in [3.8, 4) is 23.0 Å². The van der Waals surface area contributed by atoms with Gasteiger partial charge in [-0.25, -0.2) is 4.98 Å². The second kappa shape index (κ2) is 8.05. The summed E-state index contributed by atoms with van der Waals surface area (Å²) in [6.45, 7) is 1.86. The molecule has 0 amide bonds. The lowest BCUT2D eigenvalue weighted by Gasteiger charge is -2.11. The van der Waals surface area contributed by atoms with Gasteiger partial charge in [0.2, 0.25) is 11.7 Å². The van der Waals surface area contributed by atoms with Crippen LogP contribution in [-0.2, 0) is 11.3 Å². The van der Waals surface area contributed by atoms with E-state index in [0.29, 0.717) is 30.9 Å². The number of pyridine rings is 1. The number of benzene rings is 1. The molecule has 1 aliphatic rings. The Labute approximate surface area is 156 Å². The molecule has 2 aromatic heterocycles. The number of rotatable bonds is 7. The molecule has 8 heteroatoms. The first-order valence-electron chi connectivity index (χ1n) is 8.71. The largest absolute Gasteiger partial charge is 0.497 e. The van der Waals surface area contributed by atoms with E-state index < -0.39 is 0 Å². The van der Waals surface area contributed by atoms with Gasteiger partial charge in [-0.1, -0.05) is 17.3 Å². The third-order valence-electron chi connectivity index (χ3n) is 4.17. The molecule has 1 unspecified atom stereocenters. The molecule has 3 heterocycles. The molecule has 0 radical (unpaired) electrons. The van der Waals surface area contributed by atoms with E-state index in [9.17, 15) is 0 Å². The van der Waals surface area contributed by atoms with Crippen LogP contribution in [0.2, 0.25) is 0 Å². The highest BCUT2D eigenvalue weighted by atomic mass is 16.5. The fourth-order valence-electron chi connectivity index (χ4n) is 2.75. The van der Waals surface area contributed by atoms with Crippen molar-refractivity contribution < 1.29 is 18.7 Å². The van der Waals surface area contributed by atoms with Gasteiger partial charge in [0.05, 0.1) is 20.3 Å². The van der Waals surface area contributed by atoms with Crippen molar-refractivity contribution >= 4 is 6.01 Å². The Bertz CT molecular complexity index is 893. The predicted molar refractivity (Wildman–Crippen MR) is 97.7 cm³/mol. The van der Waals surface area contributed by atoms with E-state index in [2.05, 4.69) is 20.4 Å². The van der Waals surface area contributed by atoms with Gasteiger partial charge in [-0.2, -0.15) is 4.98 Å². The van der Waals surface area contributed by atoms with E-state index in [1.165, 1.54) is 0 Å². The van der Waals surface area contributed by atoms with Crippen LogP contribution in [0.5, 0.6) is 11.6 Å². The number of anilines is 1. The minimum Gasteiger partial charge on any atom is -0.497 e. The monoisotopic (exact) mass is 368 g/mol. The molecule has 0 spiro atoms. The third-order valence-corrected chi connectivity index (χ3v) is 4.17. The highest BCUT2D eigenvalue weighted by molar-refractivity contribution is 5.57. The van der Waals surface area contributed by atoms with Crippen molar-refractivity contribution in [3.05, 3.63) is 48.2 Å². The fraction of sp³-hybridized carbons (Fsp3) is 0.316. The molecule has 0 aliphatic carbocycles. The second-order valence-corrected chi connectivity index (χ2v) is 6.11. The molecule has 1 aromatic carbocycles. The maximum atomic E-state index is 5.82. The maximum absolute atomic E-state index is 5.82. The van der Waals surface area contributed by atoms with Gasteiger partial charge in [0, 0.05) is 30.8 Å². The van der Waals surface area contributed by atoms with Gasteiger partial charge in [-0.15, -0.1) is 0 Å². The second-order valence-electron chi connectivity index (χ2n) is 6.11. The van der Waals surface area contributed by atoms with Crippen molar-refractivity contribution in [2.24, 2.45) is 0 Å². The smallest absolute Gasteiger partial charge is 0.322 e. The quantitative estimate of drug-likeness (QED) is 0.681. The van der Waals surface area contributed by atoms with Crippen LogP contribution in [-0.4, -0.2) is 41.6 Å². The summed E-state index contributed by atoms with van der Waals surface area (Å²) in [5.74, 6) is 1.83. The zero-order valence-corrected chi connectivity index (χ0v) is 14.9. The van der Waals surface area contributed by atoms with Crippen LogP contribution in [0.25, 0.3) is 11.4 Å². The number of hydrogen-bond donors (Lipinski definition) is 1. The van der Waals surface area contributed by atoms with Gasteiger partial charge in [-0.05, 0) is 23.8 Å². The van der Waals surface area contributed by atoms with Gasteiger partial charge in [0.15, 0.2) is 0 Å². The van der Waals surface area contributed by atoms with Crippen molar-refractivity contribution in [3.63, 3.8) is 0 Å². The summed E-state index contributed by atoms with van der Waals surface area (Å²) in [5.41, 5.74) is 1.82. The van der Waals surface area contributed by atoms with Gasteiger partial charge < -0.3 is 24.1 Å². The normalized spacial score (nSPS) is 16.3. The first-order valence-corrected chi connectivity index (χ1v) is 8.71. The van der Waals surface area contributed by atoms with E-state index in [1.807, 2.05) is 36.4 Å². The Morgan fingerprint density at radius 1 is 1.26 bits per heavy atom. The molecule has 1 saturated heterocycles. The Kier molecular flexibility index (Phi) is 5.15.